The molecule has 0 aromatic carbocycles. The van der Waals surface area contributed by atoms with Gasteiger partial charge in [0.1, 0.15) is 0 Å². The Morgan fingerprint density at radius 2 is 1.40 bits per heavy atom. The van der Waals surface area contributed by atoms with Crippen LogP contribution in [0.15, 0.2) is 0 Å². The number of hydrogen-bond acceptors (Lipinski definition) is 1. The molecule has 0 saturated carbocycles. The molecule has 0 atom stereocenters. The van der Waals surface area contributed by atoms with Crippen molar-refractivity contribution in [3.8, 4) is 0 Å². The molecule has 26 valence electrons. The normalized spacial score (nSPS) is 0.800. The van der Waals surface area contributed by atoms with Crippen molar-refractivity contribution >= 4 is 88.3 Å². The second-order valence-corrected chi connectivity index (χ2v) is 0. The molecular weight excluding hydrogens is 135 g/mol. The summed E-state index contributed by atoms with van der Waals surface area (Å²) >= 11 is 0. The molecule has 0 N–H and O–H groups in total. The standard InChI is InChI=1S/Al.Ca.Mg.H2OSi.7H/c;;;1-2;;;;;;;/h;;;2H2;;;;;;;/q;2*+2;;;;;4*-1. The Morgan fingerprint density at radius 3 is 1.40 bits per heavy atom. The fourth-order valence-corrected chi connectivity index (χ4v) is 0. The van der Waals surface area contributed by atoms with Gasteiger partial charge in [0.25, 0.3) is 0 Å². The first-order valence-electron chi connectivity index (χ1n) is 0.289. The molecular formula is H9AlCaMgOSi. The average Bonchev–Trinajstić information content (AvgIpc) is 1.00. The maximum Gasteiger partial charge on any atom is 2.00 e. The summed E-state index contributed by atoms with van der Waals surface area (Å²) < 4.78 is 8.28. The van der Waals surface area contributed by atoms with Gasteiger partial charge in [-0.3, -0.25) is 0 Å². The van der Waals surface area contributed by atoms with Gasteiger partial charge >= 0.3 is 60.8 Å². The van der Waals surface area contributed by atoms with Crippen molar-refractivity contribution in [3.63, 3.8) is 0 Å². The zero-order valence-corrected chi connectivity index (χ0v) is 7.57. The van der Waals surface area contributed by atoms with Crippen LogP contribution in [0.3, 0.4) is 0 Å². The van der Waals surface area contributed by atoms with Crippen molar-refractivity contribution < 1.29 is 10.2 Å². The fraction of sp³-hybridized carbons (Fsp3) is 0. The summed E-state index contributed by atoms with van der Waals surface area (Å²) in [7, 11) is 0.611. The molecule has 0 aliphatic heterocycles. The molecule has 0 saturated heterocycles. The third-order valence-electron chi connectivity index (χ3n) is 0. The van der Waals surface area contributed by atoms with E-state index in [4.69, 9.17) is 4.46 Å². The zero-order valence-electron chi connectivity index (χ0n) is 6.53. The van der Waals surface area contributed by atoms with Gasteiger partial charge in [0, 0.05) is 0 Å². The van der Waals surface area contributed by atoms with E-state index in [9.17, 15) is 0 Å². The Bertz CT molecular complexity index is 20.5. The smallest absolute Gasteiger partial charge is 1.00 e. The van der Waals surface area contributed by atoms with Crippen LogP contribution >= 0.6 is 0 Å². The summed E-state index contributed by atoms with van der Waals surface area (Å²) in [4.78, 5) is 0. The minimum atomic E-state index is 0. The van der Waals surface area contributed by atoms with Crippen LogP contribution in [0.5, 0.6) is 0 Å². The molecule has 5 heavy (non-hydrogen) atoms. The maximum absolute atomic E-state index is 8.28. The number of hydrogen-bond donors (Lipinski definition) is 0. The molecule has 0 radical (unpaired) electrons. The second kappa shape index (κ2) is 30.8. The first kappa shape index (κ1) is 25.6. The summed E-state index contributed by atoms with van der Waals surface area (Å²) in [6.07, 6.45) is 0. The Labute approximate surface area is 97.0 Å². The Morgan fingerprint density at radius 1 is 1.40 bits per heavy atom. The largest absolute Gasteiger partial charge is 2.00 e. The van der Waals surface area contributed by atoms with E-state index < -0.39 is 0 Å². The van der Waals surface area contributed by atoms with E-state index >= 15 is 0 Å². The summed E-state index contributed by atoms with van der Waals surface area (Å²) in [5.41, 5.74) is 0. The van der Waals surface area contributed by atoms with Crippen molar-refractivity contribution in [3.05, 3.63) is 0 Å². The molecule has 0 heterocycles. The molecule has 0 bridgehead atoms. The van der Waals surface area contributed by atoms with E-state index in [1.807, 2.05) is 0 Å². The molecule has 0 rings (SSSR count). The van der Waals surface area contributed by atoms with Gasteiger partial charge in [-0.2, -0.15) is 0 Å². The van der Waals surface area contributed by atoms with Gasteiger partial charge in [-0.15, -0.1) is 0 Å². The van der Waals surface area contributed by atoms with Crippen LogP contribution in [-0.4, -0.2) is 88.3 Å². The van der Waals surface area contributed by atoms with E-state index in [2.05, 4.69) is 0 Å². The van der Waals surface area contributed by atoms with Crippen molar-refractivity contribution in [2.75, 3.05) is 0 Å². The molecule has 0 aliphatic rings. The van der Waals surface area contributed by atoms with Crippen LogP contribution in [0.25, 0.3) is 0 Å². The molecule has 1 nitrogen and oxygen atoms in total. The SMILES string of the molecule is O=[SiH2].[AlH3].[Ca+2].[H-].[H-].[H-].[H-].[Mg+2]. The second-order valence-electron chi connectivity index (χ2n) is 0. The van der Waals surface area contributed by atoms with Gasteiger partial charge < -0.3 is 10.2 Å². The van der Waals surface area contributed by atoms with E-state index in [0.717, 1.165) is 0 Å². The quantitative estimate of drug-likeness (QED) is 0.343. The Hall–Kier alpha value is 2.58. The van der Waals surface area contributed by atoms with Crippen LogP contribution in [0.4, 0.5) is 0 Å². The van der Waals surface area contributed by atoms with Gasteiger partial charge in [0.15, 0.2) is 17.4 Å². The minimum Gasteiger partial charge on any atom is -1.00 e. The molecule has 5 heteroatoms. The maximum atomic E-state index is 8.28. The summed E-state index contributed by atoms with van der Waals surface area (Å²) in [6, 6.07) is 0. The van der Waals surface area contributed by atoms with Crippen molar-refractivity contribution in [1.29, 1.82) is 0 Å². The first-order valence-corrected chi connectivity index (χ1v) is 0.866. The number of rotatable bonds is 0. The van der Waals surface area contributed by atoms with Gasteiger partial charge in [0.2, 0.25) is 10.1 Å². The predicted molar refractivity (Wildman–Crippen MR) is 35.1 cm³/mol. The van der Waals surface area contributed by atoms with Gasteiger partial charge in [0.05, 0.1) is 0 Å². The van der Waals surface area contributed by atoms with Crippen LogP contribution in [0, 0.1) is 0 Å². The average molecular weight is 145 g/mol. The van der Waals surface area contributed by atoms with E-state index in [0.29, 0.717) is 10.1 Å². The summed E-state index contributed by atoms with van der Waals surface area (Å²) in [5, 5.41) is 0. The van der Waals surface area contributed by atoms with E-state index in [-0.39, 0.29) is 83.9 Å². The van der Waals surface area contributed by atoms with Crippen molar-refractivity contribution in [2.24, 2.45) is 0 Å². The van der Waals surface area contributed by atoms with Crippen molar-refractivity contribution in [2.45, 2.75) is 0 Å². The fourth-order valence-electron chi connectivity index (χ4n) is 0. The van der Waals surface area contributed by atoms with Crippen LogP contribution in [0.2, 0.25) is 0 Å². The topological polar surface area (TPSA) is 17.1 Å². The van der Waals surface area contributed by atoms with E-state index in [1.165, 1.54) is 0 Å². The molecule has 0 fully saturated rings. The Balaban J connectivity index is -0.000000000238. The molecule has 0 aliphatic carbocycles. The molecule has 0 aromatic rings. The van der Waals surface area contributed by atoms with Crippen molar-refractivity contribution in [1.82, 2.24) is 0 Å². The van der Waals surface area contributed by atoms with E-state index in [1.54, 1.807) is 0 Å². The summed E-state index contributed by atoms with van der Waals surface area (Å²) in [6.45, 7) is 0. The third-order valence-corrected chi connectivity index (χ3v) is 0. The molecule has 0 spiro atoms. The minimum absolute atomic E-state index is 0. The van der Waals surface area contributed by atoms with Crippen LogP contribution in [0.1, 0.15) is 5.71 Å². The molecule has 0 amide bonds. The van der Waals surface area contributed by atoms with Gasteiger partial charge in [-0.25, -0.2) is 0 Å². The van der Waals surface area contributed by atoms with Crippen LogP contribution < -0.4 is 0 Å². The monoisotopic (exact) mass is 144 g/mol. The predicted octanol–water partition coefficient (Wildman–Crippen LogP) is -2.53. The van der Waals surface area contributed by atoms with Gasteiger partial charge in [-0.1, -0.05) is 0 Å². The third kappa shape index (κ3) is 20.8. The molecule has 0 unspecified atom stereocenters. The van der Waals surface area contributed by atoms with Crippen LogP contribution in [-0.2, 0) is 4.46 Å². The zero-order chi connectivity index (χ0) is 2.00. The van der Waals surface area contributed by atoms with Gasteiger partial charge in [-0.05, 0) is 0 Å². The molecule has 0 aromatic heterocycles. The first-order chi connectivity index (χ1) is 1.00. The Kier molecular flexibility index (Phi) is 158. The summed E-state index contributed by atoms with van der Waals surface area (Å²) in [5.74, 6) is 0.